The number of benzene rings is 1. The number of ether oxygens (including phenoxy) is 1. The van der Waals surface area contributed by atoms with Gasteiger partial charge in [-0.2, -0.15) is 0 Å². The van der Waals surface area contributed by atoms with Crippen LogP contribution >= 0.6 is 0 Å². The summed E-state index contributed by atoms with van der Waals surface area (Å²) in [5, 5.41) is 3.43. The predicted molar refractivity (Wildman–Crippen MR) is 68.0 cm³/mol. The van der Waals surface area contributed by atoms with Crippen LogP contribution in [0.25, 0.3) is 0 Å². The molecule has 3 heteroatoms. The van der Waals surface area contributed by atoms with Crippen LogP contribution in [0.1, 0.15) is 32.6 Å². The predicted octanol–water partition coefficient (Wildman–Crippen LogP) is 3.82. The van der Waals surface area contributed by atoms with Gasteiger partial charge in [0.15, 0.2) is 0 Å². The molecule has 1 N–H and O–H groups in total. The lowest BCUT2D eigenvalue weighted by Crippen LogP contribution is -2.30. The van der Waals surface area contributed by atoms with Gasteiger partial charge in [0.2, 0.25) is 0 Å². The first-order chi connectivity index (χ1) is 8.19. The van der Waals surface area contributed by atoms with Crippen molar-refractivity contribution >= 4 is 5.69 Å². The van der Waals surface area contributed by atoms with Crippen molar-refractivity contribution in [1.29, 1.82) is 0 Å². The zero-order valence-corrected chi connectivity index (χ0v) is 10.5. The lowest BCUT2D eigenvalue weighted by atomic mass is 9.86. The molecule has 1 aromatic carbocycles. The Labute approximate surface area is 102 Å². The van der Waals surface area contributed by atoms with E-state index < -0.39 is 0 Å². The lowest BCUT2D eigenvalue weighted by Gasteiger charge is -2.30. The molecule has 0 saturated heterocycles. The number of methoxy groups -OCH3 is 1. The van der Waals surface area contributed by atoms with Gasteiger partial charge in [-0.15, -0.1) is 0 Å². The van der Waals surface area contributed by atoms with E-state index in [0.717, 1.165) is 5.69 Å². The first kappa shape index (κ1) is 12.2. The Morgan fingerprint density at radius 1 is 1.24 bits per heavy atom. The SMILES string of the molecule is COc1cc(F)cc(NC2CCCCC2C)c1. The largest absolute Gasteiger partial charge is 0.497 e. The third-order valence-corrected chi connectivity index (χ3v) is 3.57. The summed E-state index contributed by atoms with van der Waals surface area (Å²) in [7, 11) is 1.56. The molecule has 2 atom stereocenters. The second kappa shape index (κ2) is 5.39. The van der Waals surface area contributed by atoms with Crippen molar-refractivity contribution in [3.05, 3.63) is 24.0 Å². The number of nitrogens with one attached hydrogen (secondary N) is 1. The summed E-state index contributed by atoms with van der Waals surface area (Å²) in [4.78, 5) is 0. The van der Waals surface area contributed by atoms with Crippen LogP contribution < -0.4 is 10.1 Å². The minimum absolute atomic E-state index is 0.254. The van der Waals surface area contributed by atoms with E-state index in [1.165, 1.54) is 37.8 Å². The van der Waals surface area contributed by atoms with Gasteiger partial charge in [0, 0.05) is 23.9 Å². The Bertz CT molecular complexity index is 380. The van der Waals surface area contributed by atoms with E-state index in [9.17, 15) is 4.39 Å². The average Bonchev–Trinajstić information content (AvgIpc) is 2.31. The maximum atomic E-state index is 13.3. The molecule has 1 fully saturated rings. The topological polar surface area (TPSA) is 21.3 Å². The van der Waals surface area contributed by atoms with E-state index in [1.54, 1.807) is 7.11 Å². The van der Waals surface area contributed by atoms with E-state index in [1.807, 2.05) is 6.07 Å². The van der Waals surface area contributed by atoms with Gasteiger partial charge >= 0.3 is 0 Å². The highest BCUT2D eigenvalue weighted by Gasteiger charge is 2.21. The molecule has 0 radical (unpaired) electrons. The van der Waals surface area contributed by atoms with Gasteiger partial charge in [-0.25, -0.2) is 4.39 Å². The number of hydrogen-bond acceptors (Lipinski definition) is 2. The van der Waals surface area contributed by atoms with Gasteiger partial charge in [-0.05, 0) is 24.8 Å². The Hall–Kier alpha value is -1.25. The van der Waals surface area contributed by atoms with Crippen LogP contribution in [-0.4, -0.2) is 13.2 Å². The molecule has 1 aliphatic rings. The third-order valence-electron chi connectivity index (χ3n) is 3.57. The summed E-state index contributed by atoms with van der Waals surface area (Å²) in [6.45, 7) is 2.26. The molecular formula is C14H20FNO. The Morgan fingerprint density at radius 2 is 2.00 bits per heavy atom. The van der Waals surface area contributed by atoms with Gasteiger partial charge in [0.25, 0.3) is 0 Å². The normalized spacial score (nSPS) is 24.4. The summed E-state index contributed by atoms with van der Waals surface area (Å²) in [6.07, 6.45) is 4.99. The Morgan fingerprint density at radius 3 is 2.71 bits per heavy atom. The fraction of sp³-hybridized carbons (Fsp3) is 0.571. The highest BCUT2D eigenvalue weighted by molar-refractivity contribution is 5.49. The van der Waals surface area contributed by atoms with E-state index in [-0.39, 0.29) is 5.82 Å². The molecule has 1 saturated carbocycles. The standard InChI is InChI=1S/C14H20FNO/c1-10-5-3-4-6-14(10)16-12-7-11(15)8-13(9-12)17-2/h7-10,14,16H,3-6H2,1-2H3. The molecule has 2 rings (SSSR count). The second-order valence-electron chi connectivity index (χ2n) is 4.89. The first-order valence-electron chi connectivity index (χ1n) is 6.30. The minimum Gasteiger partial charge on any atom is -0.497 e. The number of hydrogen-bond donors (Lipinski definition) is 1. The first-order valence-corrected chi connectivity index (χ1v) is 6.30. The molecule has 0 aromatic heterocycles. The van der Waals surface area contributed by atoms with Crippen LogP contribution in [0, 0.1) is 11.7 Å². The zero-order chi connectivity index (χ0) is 12.3. The molecule has 2 unspecified atom stereocenters. The molecule has 1 aromatic rings. The van der Waals surface area contributed by atoms with Gasteiger partial charge in [-0.1, -0.05) is 19.8 Å². The molecule has 0 aliphatic heterocycles. The third kappa shape index (κ3) is 3.11. The summed E-state index contributed by atoms with van der Waals surface area (Å²) in [5.74, 6) is 0.962. The summed E-state index contributed by atoms with van der Waals surface area (Å²) >= 11 is 0. The van der Waals surface area contributed by atoms with Crippen molar-refractivity contribution in [1.82, 2.24) is 0 Å². The molecule has 2 nitrogen and oxygen atoms in total. The van der Waals surface area contributed by atoms with E-state index in [0.29, 0.717) is 17.7 Å². The summed E-state index contributed by atoms with van der Waals surface area (Å²) in [5.41, 5.74) is 0.820. The molecule has 0 heterocycles. The quantitative estimate of drug-likeness (QED) is 0.862. The van der Waals surface area contributed by atoms with E-state index in [2.05, 4.69) is 12.2 Å². The molecule has 1 aliphatic carbocycles. The lowest BCUT2D eigenvalue weighted by molar-refractivity contribution is 0.349. The highest BCUT2D eigenvalue weighted by Crippen LogP contribution is 2.28. The van der Waals surface area contributed by atoms with Crippen molar-refractivity contribution in [3.63, 3.8) is 0 Å². The number of anilines is 1. The van der Waals surface area contributed by atoms with E-state index in [4.69, 9.17) is 4.74 Å². The van der Waals surface area contributed by atoms with E-state index >= 15 is 0 Å². The van der Waals surface area contributed by atoms with Gasteiger partial charge < -0.3 is 10.1 Å². The van der Waals surface area contributed by atoms with Crippen LogP contribution in [0.15, 0.2) is 18.2 Å². The van der Waals surface area contributed by atoms with Crippen LogP contribution in [0.3, 0.4) is 0 Å². The monoisotopic (exact) mass is 237 g/mol. The maximum absolute atomic E-state index is 13.3. The van der Waals surface area contributed by atoms with Crippen molar-refractivity contribution < 1.29 is 9.13 Å². The van der Waals surface area contributed by atoms with Crippen LogP contribution in [0.4, 0.5) is 10.1 Å². The number of halogens is 1. The van der Waals surface area contributed by atoms with Crippen molar-refractivity contribution in [2.75, 3.05) is 12.4 Å². The maximum Gasteiger partial charge on any atom is 0.128 e. The zero-order valence-electron chi connectivity index (χ0n) is 10.5. The molecule has 94 valence electrons. The molecular weight excluding hydrogens is 217 g/mol. The number of rotatable bonds is 3. The van der Waals surface area contributed by atoms with Gasteiger partial charge in [0.1, 0.15) is 11.6 Å². The summed E-state index contributed by atoms with van der Waals surface area (Å²) < 4.78 is 18.4. The van der Waals surface area contributed by atoms with Gasteiger partial charge in [-0.3, -0.25) is 0 Å². The molecule has 0 spiro atoms. The molecule has 0 bridgehead atoms. The summed E-state index contributed by atoms with van der Waals surface area (Å²) in [6, 6.07) is 5.24. The Balaban J connectivity index is 2.09. The van der Waals surface area contributed by atoms with Crippen molar-refractivity contribution in [2.24, 2.45) is 5.92 Å². The van der Waals surface area contributed by atoms with Crippen LogP contribution in [-0.2, 0) is 0 Å². The minimum atomic E-state index is -0.254. The fourth-order valence-corrected chi connectivity index (χ4v) is 2.51. The average molecular weight is 237 g/mol. The van der Waals surface area contributed by atoms with Gasteiger partial charge in [0.05, 0.1) is 7.11 Å². The molecule has 0 amide bonds. The highest BCUT2D eigenvalue weighted by atomic mass is 19.1. The van der Waals surface area contributed by atoms with Crippen molar-refractivity contribution in [2.45, 2.75) is 38.6 Å². The second-order valence-corrected chi connectivity index (χ2v) is 4.89. The Kier molecular flexibility index (Phi) is 3.87. The smallest absolute Gasteiger partial charge is 0.128 e. The molecule has 17 heavy (non-hydrogen) atoms. The van der Waals surface area contributed by atoms with Crippen molar-refractivity contribution in [3.8, 4) is 5.75 Å². The van der Waals surface area contributed by atoms with Crippen LogP contribution in [0.2, 0.25) is 0 Å². The van der Waals surface area contributed by atoms with Crippen LogP contribution in [0.5, 0.6) is 5.75 Å². The fourth-order valence-electron chi connectivity index (χ4n) is 2.51.